The molecule has 1 aromatic rings. The molecule has 0 aromatic heterocycles. The van der Waals surface area contributed by atoms with E-state index >= 15 is 0 Å². The summed E-state index contributed by atoms with van der Waals surface area (Å²) in [5.74, 6) is 0. The molecule has 0 unspecified atom stereocenters. The van der Waals surface area contributed by atoms with Gasteiger partial charge in [0.05, 0.1) is 6.54 Å². The molecular weight excluding hydrogens is 134 g/mol. The average molecular weight is 147 g/mol. The van der Waals surface area contributed by atoms with Crippen LogP contribution in [0.3, 0.4) is 0 Å². The first-order valence-corrected chi connectivity index (χ1v) is 3.80. The monoisotopic (exact) mass is 147 g/mol. The van der Waals surface area contributed by atoms with Crippen molar-refractivity contribution in [3.63, 3.8) is 0 Å². The van der Waals surface area contributed by atoms with Gasteiger partial charge in [0.2, 0.25) is 0 Å². The minimum Gasteiger partial charge on any atom is -0.290 e. The molecule has 0 amide bonds. The standard InChI is InChI=1S/C10H13N/c1-9(2)11-8-10-6-4-3-5-7-10/h3-7H,8H2,1-2H3. The molecule has 0 saturated heterocycles. The van der Waals surface area contributed by atoms with Crippen molar-refractivity contribution in [2.75, 3.05) is 0 Å². The van der Waals surface area contributed by atoms with Crippen LogP contribution in [0.4, 0.5) is 0 Å². The number of hydrogen-bond donors (Lipinski definition) is 0. The summed E-state index contributed by atoms with van der Waals surface area (Å²) in [4.78, 5) is 4.31. The van der Waals surface area contributed by atoms with E-state index in [-0.39, 0.29) is 0 Å². The fourth-order valence-corrected chi connectivity index (χ4v) is 0.833. The van der Waals surface area contributed by atoms with Gasteiger partial charge in [0.15, 0.2) is 0 Å². The lowest BCUT2D eigenvalue weighted by molar-refractivity contribution is 1.06. The molecular formula is C10H13N. The molecule has 0 fully saturated rings. The molecule has 1 aromatic carbocycles. The molecule has 0 N–H and O–H groups in total. The fraction of sp³-hybridized carbons (Fsp3) is 0.300. The highest BCUT2D eigenvalue weighted by atomic mass is 14.7. The summed E-state index contributed by atoms with van der Waals surface area (Å²) in [5, 5.41) is 0. The van der Waals surface area contributed by atoms with Crippen LogP contribution in [-0.2, 0) is 6.54 Å². The van der Waals surface area contributed by atoms with Gasteiger partial charge in [-0.05, 0) is 19.4 Å². The topological polar surface area (TPSA) is 12.4 Å². The Bertz CT molecular complexity index is 232. The maximum atomic E-state index is 4.31. The van der Waals surface area contributed by atoms with Crippen molar-refractivity contribution >= 4 is 5.71 Å². The number of nitrogens with zero attached hydrogens (tertiary/aromatic N) is 1. The van der Waals surface area contributed by atoms with Gasteiger partial charge in [0.25, 0.3) is 0 Å². The molecule has 1 nitrogen and oxygen atoms in total. The van der Waals surface area contributed by atoms with Crippen LogP contribution in [0.5, 0.6) is 0 Å². The van der Waals surface area contributed by atoms with Crippen LogP contribution in [0.25, 0.3) is 0 Å². The Morgan fingerprint density at radius 1 is 1.18 bits per heavy atom. The summed E-state index contributed by atoms with van der Waals surface area (Å²) in [6.07, 6.45) is 0. The summed E-state index contributed by atoms with van der Waals surface area (Å²) in [6.45, 7) is 4.84. The van der Waals surface area contributed by atoms with Crippen molar-refractivity contribution in [3.8, 4) is 0 Å². The Morgan fingerprint density at radius 3 is 2.36 bits per heavy atom. The molecule has 0 radical (unpaired) electrons. The SMILES string of the molecule is CC(C)=NCc1ccccc1. The first-order valence-electron chi connectivity index (χ1n) is 3.80. The third-order valence-electron chi connectivity index (χ3n) is 1.42. The van der Waals surface area contributed by atoms with E-state index < -0.39 is 0 Å². The van der Waals surface area contributed by atoms with Crippen molar-refractivity contribution in [3.05, 3.63) is 35.9 Å². The lowest BCUT2D eigenvalue weighted by atomic mass is 10.2. The predicted molar refractivity (Wildman–Crippen MR) is 48.9 cm³/mol. The van der Waals surface area contributed by atoms with Crippen LogP contribution in [0.2, 0.25) is 0 Å². The highest BCUT2D eigenvalue weighted by Gasteiger charge is 1.86. The van der Waals surface area contributed by atoms with Crippen LogP contribution < -0.4 is 0 Å². The lowest BCUT2D eigenvalue weighted by Crippen LogP contribution is -1.84. The maximum absolute atomic E-state index is 4.31. The Kier molecular flexibility index (Phi) is 2.84. The zero-order valence-corrected chi connectivity index (χ0v) is 7.04. The van der Waals surface area contributed by atoms with Gasteiger partial charge in [-0.2, -0.15) is 0 Å². The van der Waals surface area contributed by atoms with Gasteiger partial charge < -0.3 is 0 Å². The fourth-order valence-electron chi connectivity index (χ4n) is 0.833. The van der Waals surface area contributed by atoms with E-state index in [1.165, 1.54) is 5.56 Å². The molecule has 11 heavy (non-hydrogen) atoms. The van der Waals surface area contributed by atoms with E-state index in [9.17, 15) is 0 Å². The minimum atomic E-state index is 0.809. The number of benzene rings is 1. The molecule has 0 aliphatic carbocycles. The summed E-state index contributed by atoms with van der Waals surface area (Å²) in [5.41, 5.74) is 2.41. The zero-order chi connectivity index (χ0) is 8.10. The number of aliphatic imine (C=N–C) groups is 1. The molecule has 1 heteroatoms. The molecule has 0 aliphatic rings. The highest BCUT2D eigenvalue weighted by molar-refractivity contribution is 5.79. The summed E-state index contributed by atoms with van der Waals surface area (Å²) in [7, 11) is 0. The van der Waals surface area contributed by atoms with Gasteiger partial charge in [-0.25, -0.2) is 0 Å². The third kappa shape index (κ3) is 2.99. The van der Waals surface area contributed by atoms with Gasteiger partial charge in [-0.3, -0.25) is 4.99 Å². The normalized spacial score (nSPS) is 9.27. The Morgan fingerprint density at radius 2 is 1.82 bits per heavy atom. The summed E-state index contributed by atoms with van der Waals surface area (Å²) in [6, 6.07) is 10.3. The van der Waals surface area contributed by atoms with Gasteiger partial charge in [-0.1, -0.05) is 30.3 Å². The van der Waals surface area contributed by atoms with Crippen LogP contribution in [0.1, 0.15) is 19.4 Å². The molecule has 0 heterocycles. The maximum Gasteiger partial charge on any atom is 0.0638 e. The van der Waals surface area contributed by atoms with Crippen LogP contribution in [0.15, 0.2) is 35.3 Å². The molecule has 0 bridgehead atoms. The molecule has 0 saturated carbocycles. The summed E-state index contributed by atoms with van der Waals surface area (Å²) < 4.78 is 0. The Balaban J connectivity index is 2.59. The minimum absolute atomic E-state index is 0.809. The molecule has 58 valence electrons. The van der Waals surface area contributed by atoms with E-state index in [0.717, 1.165) is 12.3 Å². The van der Waals surface area contributed by atoms with Crippen molar-refractivity contribution in [2.45, 2.75) is 20.4 Å². The van der Waals surface area contributed by atoms with Crippen molar-refractivity contribution in [2.24, 2.45) is 4.99 Å². The molecule has 0 aliphatic heterocycles. The van der Waals surface area contributed by atoms with Gasteiger partial charge >= 0.3 is 0 Å². The first-order chi connectivity index (χ1) is 5.29. The largest absolute Gasteiger partial charge is 0.290 e. The van der Waals surface area contributed by atoms with Crippen molar-refractivity contribution in [1.29, 1.82) is 0 Å². The zero-order valence-electron chi connectivity index (χ0n) is 7.04. The molecule has 1 rings (SSSR count). The van der Waals surface area contributed by atoms with Gasteiger partial charge in [-0.15, -0.1) is 0 Å². The van der Waals surface area contributed by atoms with E-state index in [1.54, 1.807) is 0 Å². The van der Waals surface area contributed by atoms with Crippen molar-refractivity contribution in [1.82, 2.24) is 0 Å². The second kappa shape index (κ2) is 3.91. The number of hydrogen-bond acceptors (Lipinski definition) is 1. The van der Waals surface area contributed by atoms with E-state index in [0.29, 0.717) is 0 Å². The Labute approximate surface area is 67.8 Å². The lowest BCUT2D eigenvalue weighted by Gasteiger charge is -1.94. The second-order valence-corrected chi connectivity index (χ2v) is 2.75. The molecule has 0 spiro atoms. The smallest absolute Gasteiger partial charge is 0.0638 e. The first kappa shape index (κ1) is 7.99. The van der Waals surface area contributed by atoms with E-state index in [4.69, 9.17) is 0 Å². The third-order valence-corrected chi connectivity index (χ3v) is 1.42. The summed E-state index contributed by atoms with van der Waals surface area (Å²) >= 11 is 0. The van der Waals surface area contributed by atoms with Crippen LogP contribution >= 0.6 is 0 Å². The van der Waals surface area contributed by atoms with Crippen molar-refractivity contribution < 1.29 is 0 Å². The van der Waals surface area contributed by atoms with Crippen LogP contribution in [0, 0.1) is 0 Å². The molecule has 0 atom stereocenters. The second-order valence-electron chi connectivity index (χ2n) is 2.75. The van der Waals surface area contributed by atoms with Crippen LogP contribution in [-0.4, -0.2) is 5.71 Å². The highest BCUT2D eigenvalue weighted by Crippen LogP contribution is 1.99. The van der Waals surface area contributed by atoms with Gasteiger partial charge in [0.1, 0.15) is 0 Å². The van der Waals surface area contributed by atoms with E-state index in [2.05, 4.69) is 17.1 Å². The average Bonchev–Trinajstić information content (AvgIpc) is 2.03. The Hall–Kier alpha value is -1.11. The number of rotatable bonds is 2. The van der Waals surface area contributed by atoms with Gasteiger partial charge in [0, 0.05) is 5.71 Å². The van der Waals surface area contributed by atoms with E-state index in [1.807, 2.05) is 32.0 Å². The predicted octanol–water partition coefficient (Wildman–Crippen LogP) is 2.67. The quantitative estimate of drug-likeness (QED) is 0.570.